The molecule has 1 aromatic rings. The third-order valence-corrected chi connectivity index (χ3v) is 4.50. The van der Waals surface area contributed by atoms with E-state index in [0.717, 1.165) is 36.1 Å². The summed E-state index contributed by atoms with van der Waals surface area (Å²) in [6, 6.07) is 0.272. The summed E-state index contributed by atoms with van der Waals surface area (Å²) in [6.45, 7) is 8.61. The zero-order valence-electron chi connectivity index (χ0n) is 11.3. The molecule has 0 aliphatic carbocycles. The van der Waals surface area contributed by atoms with Crippen molar-refractivity contribution in [3.05, 3.63) is 5.01 Å². The van der Waals surface area contributed by atoms with Crippen molar-refractivity contribution in [2.75, 3.05) is 18.0 Å². The Labute approximate surface area is 119 Å². The van der Waals surface area contributed by atoms with Crippen LogP contribution in [0.3, 0.4) is 0 Å². The SMILES string of the molecule is CCCc1nnc(N2C[C@H](C(C)C)[C@@H](N)C2)s1.Cl. The van der Waals surface area contributed by atoms with Gasteiger partial charge in [0.25, 0.3) is 0 Å². The Morgan fingerprint density at radius 3 is 2.67 bits per heavy atom. The first kappa shape index (κ1) is 15.7. The molecule has 0 radical (unpaired) electrons. The van der Waals surface area contributed by atoms with Crippen molar-refractivity contribution in [1.29, 1.82) is 0 Å². The normalized spacial score (nSPS) is 23.5. The monoisotopic (exact) mass is 290 g/mol. The van der Waals surface area contributed by atoms with E-state index in [1.807, 2.05) is 0 Å². The fourth-order valence-corrected chi connectivity index (χ4v) is 3.36. The van der Waals surface area contributed by atoms with Crippen LogP contribution in [0.4, 0.5) is 5.13 Å². The maximum atomic E-state index is 6.19. The van der Waals surface area contributed by atoms with Crippen molar-refractivity contribution in [2.24, 2.45) is 17.6 Å². The molecule has 0 saturated carbocycles. The molecule has 2 rings (SSSR count). The molecule has 0 unspecified atom stereocenters. The number of aryl methyl sites for hydroxylation is 1. The third-order valence-electron chi connectivity index (χ3n) is 3.46. The average Bonchev–Trinajstić information content (AvgIpc) is 2.85. The second-order valence-electron chi connectivity index (χ2n) is 5.21. The maximum Gasteiger partial charge on any atom is 0.208 e. The van der Waals surface area contributed by atoms with E-state index in [1.54, 1.807) is 11.3 Å². The van der Waals surface area contributed by atoms with Crippen LogP contribution in [-0.2, 0) is 6.42 Å². The van der Waals surface area contributed by atoms with Gasteiger partial charge in [-0.05, 0) is 18.3 Å². The van der Waals surface area contributed by atoms with E-state index in [4.69, 9.17) is 5.73 Å². The Kier molecular flexibility index (Phi) is 5.82. The second-order valence-corrected chi connectivity index (χ2v) is 6.25. The van der Waals surface area contributed by atoms with Crippen molar-refractivity contribution >= 4 is 28.9 Å². The molecule has 1 saturated heterocycles. The van der Waals surface area contributed by atoms with Crippen molar-refractivity contribution in [3.8, 4) is 0 Å². The lowest BCUT2D eigenvalue weighted by Crippen LogP contribution is -2.32. The topological polar surface area (TPSA) is 55.0 Å². The van der Waals surface area contributed by atoms with Gasteiger partial charge in [0.1, 0.15) is 5.01 Å². The van der Waals surface area contributed by atoms with Gasteiger partial charge in [0.15, 0.2) is 0 Å². The molecule has 1 fully saturated rings. The summed E-state index contributed by atoms with van der Waals surface area (Å²) in [4.78, 5) is 2.30. The third kappa shape index (κ3) is 3.33. The van der Waals surface area contributed by atoms with E-state index >= 15 is 0 Å². The molecular formula is C12H23ClN4S. The highest BCUT2D eigenvalue weighted by atomic mass is 35.5. The summed E-state index contributed by atoms with van der Waals surface area (Å²) in [5.41, 5.74) is 6.19. The molecule has 4 nitrogen and oxygen atoms in total. The Morgan fingerprint density at radius 2 is 2.11 bits per heavy atom. The standard InChI is InChI=1S/C12H22N4S.ClH/c1-4-5-11-14-15-12(17-11)16-6-9(8(2)3)10(13)7-16;/h8-10H,4-7,13H2,1-3H3;1H/t9-,10+;/m1./s1. The fraction of sp³-hybridized carbons (Fsp3) is 0.833. The summed E-state index contributed by atoms with van der Waals surface area (Å²) in [6.07, 6.45) is 2.16. The number of nitrogens with two attached hydrogens (primary N) is 1. The van der Waals surface area contributed by atoms with Gasteiger partial charge in [0.05, 0.1) is 0 Å². The quantitative estimate of drug-likeness (QED) is 0.925. The van der Waals surface area contributed by atoms with Crippen molar-refractivity contribution in [3.63, 3.8) is 0 Å². The summed E-state index contributed by atoms with van der Waals surface area (Å²) in [5, 5.41) is 10.7. The number of hydrogen-bond donors (Lipinski definition) is 1. The fourth-order valence-electron chi connectivity index (χ4n) is 2.40. The van der Waals surface area contributed by atoms with Gasteiger partial charge in [-0.2, -0.15) is 0 Å². The maximum absolute atomic E-state index is 6.19. The Morgan fingerprint density at radius 1 is 1.39 bits per heavy atom. The lowest BCUT2D eigenvalue weighted by molar-refractivity contribution is 0.382. The van der Waals surface area contributed by atoms with Crippen LogP contribution in [0.5, 0.6) is 0 Å². The molecule has 2 heterocycles. The van der Waals surface area contributed by atoms with Gasteiger partial charge >= 0.3 is 0 Å². The lowest BCUT2D eigenvalue weighted by atomic mass is 9.92. The Hall–Kier alpha value is -0.390. The highest BCUT2D eigenvalue weighted by molar-refractivity contribution is 7.15. The molecule has 0 spiro atoms. The molecule has 1 aliphatic heterocycles. The first-order valence-corrected chi connectivity index (χ1v) is 7.26. The number of anilines is 1. The highest BCUT2D eigenvalue weighted by Crippen LogP contribution is 2.29. The van der Waals surface area contributed by atoms with Crippen LogP contribution in [-0.4, -0.2) is 29.3 Å². The largest absolute Gasteiger partial charge is 0.345 e. The number of hydrogen-bond acceptors (Lipinski definition) is 5. The van der Waals surface area contributed by atoms with E-state index in [0.29, 0.717) is 11.8 Å². The Balaban J connectivity index is 0.00000162. The molecule has 1 aliphatic rings. The van der Waals surface area contributed by atoms with Gasteiger partial charge < -0.3 is 10.6 Å². The van der Waals surface area contributed by atoms with Crippen LogP contribution in [0.25, 0.3) is 0 Å². The molecule has 0 aromatic carbocycles. The zero-order chi connectivity index (χ0) is 12.4. The van der Waals surface area contributed by atoms with Crippen molar-refractivity contribution in [1.82, 2.24) is 10.2 Å². The molecule has 104 valence electrons. The van der Waals surface area contributed by atoms with Crippen LogP contribution in [0, 0.1) is 11.8 Å². The molecule has 0 bridgehead atoms. The smallest absolute Gasteiger partial charge is 0.208 e. The minimum absolute atomic E-state index is 0. The molecular weight excluding hydrogens is 268 g/mol. The van der Waals surface area contributed by atoms with Gasteiger partial charge in [0, 0.05) is 25.6 Å². The van der Waals surface area contributed by atoms with Gasteiger partial charge in [-0.25, -0.2) is 0 Å². The molecule has 0 amide bonds. The van der Waals surface area contributed by atoms with Gasteiger partial charge in [-0.1, -0.05) is 32.1 Å². The first-order chi connectivity index (χ1) is 8.11. The molecule has 1 aromatic heterocycles. The predicted octanol–water partition coefficient (Wildman–Crippen LogP) is 2.33. The summed E-state index contributed by atoms with van der Waals surface area (Å²) < 4.78 is 0. The lowest BCUT2D eigenvalue weighted by Gasteiger charge is -2.17. The summed E-state index contributed by atoms with van der Waals surface area (Å²) in [7, 11) is 0. The van der Waals surface area contributed by atoms with Crippen molar-refractivity contribution in [2.45, 2.75) is 39.7 Å². The van der Waals surface area contributed by atoms with E-state index in [1.165, 1.54) is 0 Å². The van der Waals surface area contributed by atoms with Crippen LogP contribution in [0.1, 0.15) is 32.2 Å². The second kappa shape index (κ2) is 6.68. The van der Waals surface area contributed by atoms with Gasteiger partial charge in [0.2, 0.25) is 5.13 Å². The van der Waals surface area contributed by atoms with Crippen LogP contribution >= 0.6 is 23.7 Å². The molecule has 18 heavy (non-hydrogen) atoms. The number of aromatic nitrogens is 2. The number of nitrogens with zero attached hydrogens (tertiary/aromatic N) is 3. The minimum atomic E-state index is 0. The minimum Gasteiger partial charge on any atom is -0.345 e. The zero-order valence-corrected chi connectivity index (χ0v) is 12.9. The van der Waals surface area contributed by atoms with Gasteiger partial charge in [-0.15, -0.1) is 22.6 Å². The van der Waals surface area contributed by atoms with E-state index in [9.17, 15) is 0 Å². The number of rotatable bonds is 4. The molecule has 2 atom stereocenters. The first-order valence-electron chi connectivity index (χ1n) is 6.44. The highest BCUT2D eigenvalue weighted by Gasteiger charge is 2.33. The van der Waals surface area contributed by atoms with E-state index in [2.05, 4.69) is 35.9 Å². The molecule has 6 heteroatoms. The van der Waals surface area contributed by atoms with Crippen molar-refractivity contribution < 1.29 is 0 Å². The van der Waals surface area contributed by atoms with E-state index in [-0.39, 0.29) is 18.4 Å². The number of halogens is 1. The van der Waals surface area contributed by atoms with Gasteiger partial charge in [-0.3, -0.25) is 0 Å². The van der Waals surface area contributed by atoms with E-state index < -0.39 is 0 Å². The predicted molar refractivity (Wildman–Crippen MR) is 79.7 cm³/mol. The summed E-state index contributed by atoms with van der Waals surface area (Å²) >= 11 is 1.72. The van der Waals surface area contributed by atoms with Crippen LogP contribution in [0.15, 0.2) is 0 Å². The van der Waals surface area contributed by atoms with Crippen LogP contribution < -0.4 is 10.6 Å². The summed E-state index contributed by atoms with van der Waals surface area (Å²) in [5.74, 6) is 1.21. The Bertz CT molecular complexity index is 369. The molecule has 2 N–H and O–H groups in total. The average molecular weight is 291 g/mol. The van der Waals surface area contributed by atoms with Crippen LogP contribution in [0.2, 0.25) is 0 Å².